The minimum atomic E-state index is -0.215. The van der Waals surface area contributed by atoms with E-state index in [9.17, 15) is 9.59 Å². The third-order valence-corrected chi connectivity index (χ3v) is 2.23. The van der Waals surface area contributed by atoms with Gasteiger partial charge in [-0.1, -0.05) is 0 Å². The van der Waals surface area contributed by atoms with Crippen LogP contribution in [0, 0.1) is 0 Å². The molecule has 0 saturated carbocycles. The van der Waals surface area contributed by atoms with Crippen LogP contribution < -0.4 is 5.32 Å². The van der Waals surface area contributed by atoms with E-state index in [0.717, 1.165) is 5.69 Å². The van der Waals surface area contributed by atoms with E-state index in [4.69, 9.17) is 0 Å². The first-order valence-electron chi connectivity index (χ1n) is 4.31. The molecule has 0 aromatic carbocycles. The molecule has 1 aromatic rings. The van der Waals surface area contributed by atoms with Gasteiger partial charge in [0.05, 0.1) is 17.6 Å². The Bertz CT molecular complexity index is 309. The number of aromatic nitrogens is 1. The molecular weight excluding hydrogens is 200 g/mol. The molecule has 0 aliphatic heterocycles. The first kappa shape index (κ1) is 10.8. The number of Topliss-reactive ketones (excluding diaryl/α,β-unsaturated/α-hetero) is 1. The molecule has 5 heteroatoms. The second-order valence-electron chi connectivity index (χ2n) is 2.96. The Hall–Kier alpha value is -1.23. The number of nitrogens with one attached hydrogen (secondary N) is 1. The second kappa shape index (κ2) is 5.49. The van der Waals surface area contributed by atoms with E-state index >= 15 is 0 Å². The van der Waals surface area contributed by atoms with Gasteiger partial charge in [0, 0.05) is 18.3 Å². The van der Waals surface area contributed by atoms with Gasteiger partial charge < -0.3 is 5.32 Å². The Morgan fingerprint density at radius 2 is 2.36 bits per heavy atom. The predicted octanol–water partition coefficient (Wildman–Crippen LogP) is 0.781. The van der Waals surface area contributed by atoms with E-state index in [2.05, 4.69) is 10.3 Å². The summed E-state index contributed by atoms with van der Waals surface area (Å²) < 4.78 is 0. The summed E-state index contributed by atoms with van der Waals surface area (Å²) in [4.78, 5) is 25.7. The SMILES string of the molecule is CC(=O)CC(=O)NCCc1cscn1. The molecule has 0 bridgehead atoms. The first-order valence-corrected chi connectivity index (χ1v) is 5.26. The Morgan fingerprint density at radius 3 is 2.93 bits per heavy atom. The van der Waals surface area contributed by atoms with E-state index in [1.807, 2.05) is 5.38 Å². The molecule has 1 aromatic heterocycles. The number of rotatable bonds is 5. The van der Waals surface area contributed by atoms with Gasteiger partial charge in [-0.3, -0.25) is 9.59 Å². The molecule has 0 aliphatic carbocycles. The highest BCUT2D eigenvalue weighted by Crippen LogP contribution is 2.00. The molecule has 0 radical (unpaired) electrons. The number of amides is 1. The van der Waals surface area contributed by atoms with Crippen molar-refractivity contribution in [2.24, 2.45) is 0 Å². The lowest BCUT2D eigenvalue weighted by atomic mass is 10.3. The molecule has 0 spiro atoms. The topological polar surface area (TPSA) is 59.1 Å². The van der Waals surface area contributed by atoms with Crippen LogP contribution in [0.1, 0.15) is 19.0 Å². The summed E-state index contributed by atoms with van der Waals surface area (Å²) >= 11 is 1.53. The Kier molecular flexibility index (Phi) is 4.25. The fraction of sp³-hybridized carbons (Fsp3) is 0.444. The summed E-state index contributed by atoms with van der Waals surface area (Å²) in [7, 11) is 0. The normalized spacial score (nSPS) is 9.79. The third-order valence-electron chi connectivity index (χ3n) is 1.60. The number of nitrogens with zero attached hydrogens (tertiary/aromatic N) is 1. The van der Waals surface area contributed by atoms with Crippen molar-refractivity contribution in [3.05, 3.63) is 16.6 Å². The molecule has 14 heavy (non-hydrogen) atoms. The fourth-order valence-corrected chi connectivity index (χ4v) is 1.57. The average Bonchev–Trinajstić information content (AvgIpc) is 2.55. The van der Waals surface area contributed by atoms with Crippen molar-refractivity contribution in [1.82, 2.24) is 10.3 Å². The van der Waals surface area contributed by atoms with Crippen molar-refractivity contribution in [2.45, 2.75) is 19.8 Å². The lowest BCUT2D eigenvalue weighted by Crippen LogP contribution is -2.27. The van der Waals surface area contributed by atoms with E-state index in [1.165, 1.54) is 18.3 Å². The quantitative estimate of drug-likeness (QED) is 0.734. The minimum Gasteiger partial charge on any atom is -0.355 e. The van der Waals surface area contributed by atoms with Gasteiger partial charge in [-0.25, -0.2) is 4.98 Å². The molecule has 76 valence electrons. The first-order chi connectivity index (χ1) is 6.68. The van der Waals surface area contributed by atoms with Crippen LogP contribution in [0.4, 0.5) is 0 Å². The highest BCUT2D eigenvalue weighted by Gasteiger charge is 2.03. The van der Waals surface area contributed by atoms with Crippen LogP contribution >= 0.6 is 11.3 Å². The summed E-state index contributed by atoms with van der Waals surface area (Å²) in [6.45, 7) is 1.94. The van der Waals surface area contributed by atoms with Crippen LogP contribution in [0.3, 0.4) is 0 Å². The van der Waals surface area contributed by atoms with Gasteiger partial charge in [-0.05, 0) is 6.92 Å². The fourth-order valence-electron chi connectivity index (χ4n) is 0.980. The predicted molar refractivity (Wildman–Crippen MR) is 54.1 cm³/mol. The van der Waals surface area contributed by atoms with E-state index < -0.39 is 0 Å². The Balaban J connectivity index is 2.15. The monoisotopic (exact) mass is 212 g/mol. The van der Waals surface area contributed by atoms with E-state index in [1.54, 1.807) is 5.51 Å². The van der Waals surface area contributed by atoms with Gasteiger partial charge >= 0.3 is 0 Å². The van der Waals surface area contributed by atoms with Gasteiger partial charge in [0.2, 0.25) is 5.91 Å². The maximum Gasteiger partial charge on any atom is 0.227 e. The molecule has 0 fully saturated rings. The molecule has 0 unspecified atom stereocenters. The smallest absolute Gasteiger partial charge is 0.227 e. The maximum absolute atomic E-state index is 11.0. The van der Waals surface area contributed by atoms with Crippen molar-refractivity contribution in [3.8, 4) is 0 Å². The second-order valence-corrected chi connectivity index (χ2v) is 3.68. The standard InChI is InChI=1S/C9H12N2O2S/c1-7(12)4-9(13)10-3-2-8-5-14-6-11-8/h5-6H,2-4H2,1H3,(H,10,13). The van der Waals surface area contributed by atoms with Gasteiger partial charge in [0.25, 0.3) is 0 Å². The highest BCUT2D eigenvalue weighted by atomic mass is 32.1. The van der Waals surface area contributed by atoms with Crippen LogP contribution in [-0.4, -0.2) is 23.2 Å². The van der Waals surface area contributed by atoms with Crippen LogP contribution in [0.2, 0.25) is 0 Å². The maximum atomic E-state index is 11.0. The summed E-state index contributed by atoms with van der Waals surface area (Å²) in [6, 6.07) is 0. The van der Waals surface area contributed by atoms with Gasteiger partial charge in [-0.15, -0.1) is 11.3 Å². The zero-order valence-electron chi connectivity index (χ0n) is 7.95. The summed E-state index contributed by atoms with van der Waals surface area (Å²) in [5.74, 6) is -0.330. The molecule has 4 nitrogen and oxygen atoms in total. The van der Waals surface area contributed by atoms with Crippen LogP contribution in [0.25, 0.3) is 0 Å². The van der Waals surface area contributed by atoms with Crippen molar-refractivity contribution in [1.29, 1.82) is 0 Å². The zero-order valence-corrected chi connectivity index (χ0v) is 8.76. The van der Waals surface area contributed by atoms with Crippen molar-refractivity contribution >= 4 is 23.0 Å². The number of hydrogen-bond acceptors (Lipinski definition) is 4. The van der Waals surface area contributed by atoms with Crippen LogP contribution in [0.15, 0.2) is 10.9 Å². The van der Waals surface area contributed by atoms with Crippen LogP contribution in [0.5, 0.6) is 0 Å². The van der Waals surface area contributed by atoms with Crippen molar-refractivity contribution in [3.63, 3.8) is 0 Å². The lowest BCUT2D eigenvalue weighted by Gasteiger charge is -2.01. The van der Waals surface area contributed by atoms with Crippen molar-refractivity contribution < 1.29 is 9.59 Å². The summed E-state index contributed by atoms with van der Waals surface area (Å²) in [6.07, 6.45) is 0.685. The number of carbonyl (C=O) groups is 2. The Labute approximate surface area is 86.4 Å². The van der Waals surface area contributed by atoms with E-state index in [-0.39, 0.29) is 18.1 Å². The molecule has 1 rings (SSSR count). The Morgan fingerprint density at radius 1 is 1.57 bits per heavy atom. The average molecular weight is 212 g/mol. The van der Waals surface area contributed by atoms with Crippen molar-refractivity contribution in [2.75, 3.05) is 6.54 Å². The van der Waals surface area contributed by atoms with Gasteiger partial charge in [0.1, 0.15) is 5.78 Å². The van der Waals surface area contributed by atoms with Crippen LogP contribution in [-0.2, 0) is 16.0 Å². The molecule has 0 aliphatic rings. The summed E-state index contributed by atoms with van der Waals surface area (Å²) in [5.41, 5.74) is 2.73. The number of thiazole rings is 1. The molecule has 1 N–H and O–H groups in total. The third kappa shape index (κ3) is 4.13. The molecule has 0 atom stereocenters. The number of ketones is 1. The summed E-state index contributed by atoms with van der Waals surface area (Å²) in [5, 5.41) is 4.60. The minimum absolute atomic E-state index is 0.0307. The largest absolute Gasteiger partial charge is 0.355 e. The number of carbonyl (C=O) groups excluding carboxylic acids is 2. The molecule has 0 saturated heterocycles. The van der Waals surface area contributed by atoms with Gasteiger partial charge in [0.15, 0.2) is 0 Å². The zero-order chi connectivity index (χ0) is 10.4. The number of hydrogen-bond donors (Lipinski definition) is 1. The van der Waals surface area contributed by atoms with E-state index in [0.29, 0.717) is 13.0 Å². The molecular formula is C9H12N2O2S. The highest BCUT2D eigenvalue weighted by molar-refractivity contribution is 7.07. The lowest BCUT2D eigenvalue weighted by molar-refractivity contribution is -0.127. The molecule has 1 amide bonds. The van der Waals surface area contributed by atoms with Gasteiger partial charge in [-0.2, -0.15) is 0 Å². The molecule has 1 heterocycles.